The first-order valence-electron chi connectivity index (χ1n) is 9.63. The number of piperidine rings is 1. The summed E-state index contributed by atoms with van der Waals surface area (Å²) in [6.07, 6.45) is 7.41. The van der Waals surface area contributed by atoms with Crippen LogP contribution in [-0.2, 0) is 4.74 Å². The largest absolute Gasteiger partial charge is 0.375 e. The molecule has 3 rings (SSSR count). The molecule has 1 unspecified atom stereocenters. The minimum Gasteiger partial charge on any atom is -0.375 e. The lowest BCUT2D eigenvalue weighted by Crippen LogP contribution is -2.55. The van der Waals surface area contributed by atoms with Crippen molar-refractivity contribution in [3.63, 3.8) is 0 Å². The van der Waals surface area contributed by atoms with E-state index < -0.39 is 0 Å². The van der Waals surface area contributed by atoms with Crippen LogP contribution in [0.4, 0.5) is 0 Å². The van der Waals surface area contributed by atoms with Crippen molar-refractivity contribution < 1.29 is 9.53 Å². The zero-order chi connectivity index (χ0) is 17.9. The third-order valence-electron chi connectivity index (χ3n) is 5.88. The van der Waals surface area contributed by atoms with Crippen molar-refractivity contribution in [2.75, 3.05) is 26.2 Å². The summed E-state index contributed by atoms with van der Waals surface area (Å²) >= 11 is 0. The number of carbonyl (C=O) groups is 1. The average Bonchev–Trinajstić information content (AvgIpc) is 2.63. The number of nitrogens with zero attached hydrogens (tertiary/aromatic N) is 3. The molecule has 1 spiro atoms. The second-order valence-electron chi connectivity index (χ2n) is 7.63. The predicted molar refractivity (Wildman–Crippen MR) is 98.6 cm³/mol. The summed E-state index contributed by atoms with van der Waals surface area (Å²) in [6.45, 7) is 10.3. The molecule has 0 bridgehead atoms. The van der Waals surface area contributed by atoms with Crippen molar-refractivity contribution in [2.24, 2.45) is 0 Å². The number of hydrogen-bond donors (Lipinski definition) is 0. The highest BCUT2D eigenvalue weighted by molar-refractivity contribution is 5.94. The molecule has 2 aliphatic rings. The molecular weight excluding hydrogens is 314 g/mol. The van der Waals surface area contributed by atoms with E-state index in [0.29, 0.717) is 6.04 Å². The number of pyridine rings is 1. The van der Waals surface area contributed by atoms with Crippen LogP contribution in [0.1, 0.15) is 56.8 Å². The highest BCUT2D eigenvalue weighted by Gasteiger charge is 2.42. The zero-order valence-corrected chi connectivity index (χ0v) is 15.8. The monoisotopic (exact) mass is 345 g/mol. The lowest BCUT2D eigenvalue weighted by atomic mass is 9.81. The fourth-order valence-electron chi connectivity index (χ4n) is 4.29. The third-order valence-corrected chi connectivity index (χ3v) is 5.88. The van der Waals surface area contributed by atoms with E-state index in [1.54, 1.807) is 24.5 Å². The van der Waals surface area contributed by atoms with Gasteiger partial charge in [-0.2, -0.15) is 0 Å². The Bertz CT molecular complexity index is 568. The Labute approximate surface area is 151 Å². The highest BCUT2D eigenvalue weighted by atomic mass is 16.5. The van der Waals surface area contributed by atoms with Gasteiger partial charge in [0.15, 0.2) is 0 Å². The summed E-state index contributed by atoms with van der Waals surface area (Å²) in [4.78, 5) is 21.5. The molecule has 5 heteroatoms. The van der Waals surface area contributed by atoms with E-state index in [1.165, 1.54) is 0 Å². The lowest BCUT2D eigenvalue weighted by Gasteiger charge is -2.49. The summed E-state index contributed by atoms with van der Waals surface area (Å²) < 4.78 is 6.27. The van der Waals surface area contributed by atoms with Gasteiger partial charge in [-0.3, -0.25) is 9.78 Å². The van der Waals surface area contributed by atoms with E-state index in [9.17, 15) is 4.79 Å². The summed E-state index contributed by atoms with van der Waals surface area (Å²) in [7, 11) is 0. The molecule has 25 heavy (non-hydrogen) atoms. The fourth-order valence-corrected chi connectivity index (χ4v) is 4.29. The first kappa shape index (κ1) is 18.3. The number of ether oxygens (including phenoxy) is 1. The lowest BCUT2D eigenvalue weighted by molar-refractivity contribution is -0.131. The van der Waals surface area contributed by atoms with E-state index in [1.807, 2.05) is 4.90 Å². The molecule has 5 nitrogen and oxygen atoms in total. The van der Waals surface area contributed by atoms with Crippen LogP contribution in [-0.4, -0.2) is 64.6 Å². The van der Waals surface area contributed by atoms with Crippen molar-refractivity contribution in [3.05, 3.63) is 30.1 Å². The van der Waals surface area contributed by atoms with E-state index >= 15 is 0 Å². The van der Waals surface area contributed by atoms with Crippen molar-refractivity contribution in [3.8, 4) is 0 Å². The predicted octanol–water partition coefficient (Wildman–Crippen LogP) is 2.97. The van der Waals surface area contributed by atoms with Crippen molar-refractivity contribution in [2.45, 2.75) is 64.1 Å². The minimum atomic E-state index is -0.0414. The molecule has 0 aromatic carbocycles. The molecule has 1 atom stereocenters. The highest BCUT2D eigenvalue weighted by Crippen LogP contribution is 2.37. The molecule has 2 saturated heterocycles. The maximum absolute atomic E-state index is 12.9. The van der Waals surface area contributed by atoms with E-state index in [4.69, 9.17) is 4.74 Å². The maximum atomic E-state index is 12.9. The topological polar surface area (TPSA) is 45.7 Å². The summed E-state index contributed by atoms with van der Waals surface area (Å²) in [6, 6.07) is 4.48. The molecule has 2 fully saturated rings. The minimum absolute atomic E-state index is 0.0414. The maximum Gasteiger partial charge on any atom is 0.254 e. The number of amides is 1. The normalized spacial score (nSPS) is 23.8. The zero-order valence-electron chi connectivity index (χ0n) is 15.8. The Morgan fingerprint density at radius 3 is 2.64 bits per heavy atom. The van der Waals surface area contributed by atoms with Crippen LogP contribution in [0.25, 0.3) is 0 Å². The number of carbonyl (C=O) groups excluding carboxylic acids is 1. The van der Waals surface area contributed by atoms with E-state index in [-0.39, 0.29) is 17.6 Å². The van der Waals surface area contributed by atoms with Gasteiger partial charge in [0.1, 0.15) is 0 Å². The summed E-state index contributed by atoms with van der Waals surface area (Å²) in [5, 5.41) is 0. The molecule has 0 saturated carbocycles. The second-order valence-corrected chi connectivity index (χ2v) is 7.63. The summed E-state index contributed by atoms with van der Waals surface area (Å²) in [5.74, 6) is 0.117. The third kappa shape index (κ3) is 4.04. The van der Waals surface area contributed by atoms with Gasteiger partial charge in [0.25, 0.3) is 5.91 Å². The molecule has 1 aromatic heterocycles. The number of hydrogen-bond acceptors (Lipinski definition) is 4. The Morgan fingerprint density at radius 1 is 1.36 bits per heavy atom. The second kappa shape index (κ2) is 7.83. The number of likely N-dealkylation sites (tertiary alicyclic amines) is 1. The van der Waals surface area contributed by atoms with Crippen molar-refractivity contribution >= 4 is 5.91 Å². The molecule has 3 heterocycles. The van der Waals surface area contributed by atoms with Gasteiger partial charge in [-0.1, -0.05) is 0 Å². The molecule has 0 aliphatic carbocycles. The Hall–Kier alpha value is -1.46. The van der Waals surface area contributed by atoms with E-state index in [2.05, 4.69) is 30.7 Å². The van der Waals surface area contributed by atoms with Crippen LogP contribution in [0.2, 0.25) is 0 Å². The summed E-state index contributed by atoms with van der Waals surface area (Å²) in [5.41, 5.74) is 0.687. The molecule has 2 aliphatic heterocycles. The van der Waals surface area contributed by atoms with Crippen molar-refractivity contribution in [1.82, 2.24) is 14.8 Å². The average molecular weight is 345 g/mol. The van der Waals surface area contributed by atoms with Gasteiger partial charge in [-0.25, -0.2) is 0 Å². The molecule has 0 N–H and O–H groups in total. The standard InChI is InChI=1S/C20H31N3O2/c1-4-23(19(24)17-5-10-21-11-6-17)18-7-14-25-20(15-18)8-12-22(13-9-20)16(2)3/h5-6,10-11,16,18H,4,7-9,12-15H2,1-3H3. The van der Waals surface area contributed by atoms with Crippen LogP contribution in [0.5, 0.6) is 0 Å². The first-order valence-corrected chi connectivity index (χ1v) is 9.63. The van der Waals surface area contributed by atoms with Crippen LogP contribution < -0.4 is 0 Å². The van der Waals surface area contributed by atoms with Gasteiger partial charge in [0.05, 0.1) is 5.60 Å². The Balaban J connectivity index is 1.69. The van der Waals surface area contributed by atoms with E-state index in [0.717, 1.165) is 57.5 Å². The van der Waals surface area contributed by atoms with Gasteiger partial charge < -0.3 is 14.5 Å². The SMILES string of the molecule is CCN(C(=O)c1ccncc1)C1CCOC2(CCN(C(C)C)CC2)C1. The number of rotatable bonds is 4. The van der Waals surface area contributed by atoms with Gasteiger partial charge in [0.2, 0.25) is 0 Å². The van der Waals surface area contributed by atoms with Crippen LogP contribution in [0.3, 0.4) is 0 Å². The van der Waals surface area contributed by atoms with Gasteiger partial charge in [-0.15, -0.1) is 0 Å². The van der Waals surface area contributed by atoms with Crippen LogP contribution >= 0.6 is 0 Å². The quantitative estimate of drug-likeness (QED) is 0.842. The van der Waals surface area contributed by atoms with Gasteiger partial charge in [-0.05, 0) is 58.6 Å². The molecule has 138 valence electrons. The molecule has 1 amide bonds. The molecule has 1 aromatic rings. The number of aromatic nitrogens is 1. The fraction of sp³-hybridized carbons (Fsp3) is 0.700. The van der Waals surface area contributed by atoms with Gasteiger partial charge >= 0.3 is 0 Å². The Morgan fingerprint density at radius 2 is 2.04 bits per heavy atom. The van der Waals surface area contributed by atoms with Gasteiger partial charge in [0, 0.05) is 56.3 Å². The van der Waals surface area contributed by atoms with Crippen molar-refractivity contribution in [1.29, 1.82) is 0 Å². The van der Waals surface area contributed by atoms with Crippen LogP contribution in [0, 0.1) is 0 Å². The first-order chi connectivity index (χ1) is 12.0. The molecular formula is C20H31N3O2. The smallest absolute Gasteiger partial charge is 0.254 e. The van der Waals surface area contributed by atoms with Crippen LogP contribution in [0.15, 0.2) is 24.5 Å². The molecule has 0 radical (unpaired) electrons. The Kier molecular flexibility index (Phi) is 5.74.